The lowest BCUT2D eigenvalue weighted by molar-refractivity contribution is 0.337. The van der Waals surface area contributed by atoms with Crippen LogP contribution in [0, 0.1) is 0 Å². The molecule has 3 rings (SSSR count). The molecule has 1 N–H and O–H groups in total. The van der Waals surface area contributed by atoms with Gasteiger partial charge in [0.25, 0.3) is 0 Å². The van der Waals surface area contributed by atoms with E-state index in [0.717, 1.165) is 35.2 Å². The number of ether oxygens (including phenoxy) is 1. The Morgan fingerprint density at radius 1 is 1.12 bits per heavy atom. The number of methoxy groups -OCH3 is 1. The van der Waals surface area contributed by atoms with Crippen molar-refractivity contribution >= 4 is 11.8 Å². The van der Waals surface area contributed by atoms with Crippen LogP contribution in [0.1, 0.15) is 50.2 Å². The van der Waals surface area contributed by atoms with Crippen molar-refractivity contribution in [1.82, 2.24) is 15.3 Å². The van der Waals surface area contributed by atoms with Crippen molar-refractivity contribution in [2.24, 2.45) is 0 Å². The smallest absolute Gasteiger partial charge is 0.187 e. The van der Waals surface area contributed by atoms with Gasteiger partial charge in [0.15, 0.2) is 5.16 Å². The van der Waals surface area contributed by atoms with Gasteiger partial charge in [-0.2, -0.15) is 0 Å². The van der Waals surface area contributed by atoms with Crippen LogP contribution in [0.15, 0.2) is 41.8 Å². The quantitative estimate of drug-likeness (QED) is 0.555. The Hall–Kier alpha value is -1.59. The van der Waals surface area contributed by atoms with E-state index >= 15 is 0 Å². The maximum absolute atomic E-state index is 5.29. The second kappa shape index (κ2) is 8.68. The molecule has 1 aliphatic carbocycles. The Bertz CT molecular complexity index is 652. The third-order valence-corrected chi connectivity index (χ3v) is 5.93. The maximum Gasteiger partial charge on any atom is 0.187 e. The molecular formula is C20H27N3OS. The maximum atomic E-state index is 5.29. The van der Waals surface area contributed by atoms with Crippen molar-refractivity contribution in [3.8, 4) is 5.75 Å². The highest BCUT2D eigenvalue weighted by molar-refractivity contribution is 7.99. The number of thioether (sulfide) groups is 1. The number of aromatic nitrogens is 2. The topological polar surface area (TPSA) is 47.0 Å². The summed E-state index contributed by atoms with van der Waals surface area (Å²) in [6, 6.07) is 8.50. The molecule has 1 aromatic carbocycles. The van der Waals surface area contributed by atoms with Crippen LogP contribution >= 0.6 is 11.8 Å². The molecule has 1 saturated carbocycles. The minimum Gasteiger partial charge on any atom is -0.497 e. The zero-order valence-electron chi connectivity index (χ0n) is 15.1. The van der Waals surface area contributed by atoms with Crippen LogP contribution in [0.5, 0.6) is 5.75 Å². The van der Waals surface area contributed by atoms with Gasteiger partial charge in [-0.15, -0.1) is 0 Å². The van der Waals surface area contributed by atoms with Gasteiger partial charge in [-0.3, -0.25) is 0 Å². The number of nitrogens with one attached hydrogen (secondary N) is 1. The largest absolute Gasteiger partial charge is 0.497 e. The van der Waals surface area contributed by atoms with Crippen LogP contribution in [0.3, 0.4) is 0 Å². The molecule has 1 aromatic heterocycles. The standard InChI is InChI=1S/C20H27N3OS/c1-3-12-25-19-21-13-16(14-22-19)15-23-20(10-4-5-11-20)17-6-8-18(24-2)9-7-17/h6-9,13-14,23H,3-5,10-12,15H2,1-2H3. The molecular weight excluding hydrogens is 330 g/mol. The van der Waals surface area contributed by atoms with E-state index < -0.39 is 0 Å². The van der Waals surface area contributed by atoms with Crippen molar-refractivity contribution in [1.29, 1.82) is 0 Å². The van der Waals surface area contributed by atoms with Crippen molar-refractivity contribution in [2.45, 2.75) is 56.3 Å². The Labute approximate surface area is 154 Å². The SMILES string of the molecule is CCCSc1ncc(CNC2(c3ccc(OC)cc3)CCCC2)cn1. The third-order valence-electron chi connectivity index (χ3n) is 4.85. The van der Waals surface area contributed by atoms with Crippen molar-refractivity contribution in [2.75, 3.05) is 12.9 Å². The van der Waals surface area contributed by atoms with E-state index in [9.17, 15) is 0 Å². The van der Waals surface area contributed by atoms with Gasteiger partial charge in [0.05, 0.1) is 7.11 Å². The lowest BCUT2D eigenvalue weighted by atomic mass is 9.88. The first-order chi connectivity index (χ1) is 12.3. The van der Waals surface area contributed by atoms with E-state index in [1.807, 2.05) is 12.4 Å². The summed E-state index contributed by atoms with van der Waals surface area (Å²) in [5.41, 5.74) is 2.55. The van der Waals surface area contributed by atoms with Gasteiger partial charge in [-0.1, -0.05) is 43.7 Å². The molecule has 0 atom stereocenters. The van der Waals surface area contributed by atoms with Gasteiger partial charge in [0.2, 0.25) is 0 Å². The van der Waals surface area contributed by atoms with Gasteiger partial charge in [0.1, 0.15) is 5.75 Å². The van der Waals surface area contributed by atoms with E-state index in [1.165, 1.54) is 31.2 Å². The lowest BCUT2D eigenvalue weighted by Crippen LogP contribution is -2.39. The molecule has 134 valence electrons. The Balaban J connectivity index is 1.67. The Morgan fingerprint density at radius 2 is 1.80 bits per heavy atom. The number of benzene rings is 1. The van der Waals surface area contributed by atoms with Crippen molar-refractivity contribution in [3.63, 3.8) is 0 Å². The molecule has 0 bridgehead atoms. The predicted octanol–water partition coefficient (Wildman–Crippen LogP) is 4.55. The van der Waals surface area contributed by atoms with Gasteiger partial charge in [-0.05, 0) is 37.0 Å². The van der Waals surface area contributed by atoms with Gasteiger partial charge < -0.3 is 10.1 Å². The average Bonchev–Trinajstić information content (AvgIpc) is 3.16. The first-order valence-electron chi connectivity index (χ1n) is 9.09. The van der Waals surface area contributed by atoms with Gasteiger partial charge in [0, 0.05) is 35.8 Å². The minimum atomic E-state index is 0.0574. The van der Waals surface area contributed by atoms with Crippen LogP contribution in [-0.4, -0.2) is 22.8 Å². The third kappa shape index (κ3) is 4.53. The monoisotopic (exact) mass is 357 g/mol. The molecule has 2 aromatic rings. The second-order valence-electron chi connectivity index (χ2n) is 6.59. The summed E-state index contributed by atoms with van der Waals surface area (Å²) in [6.45, 7) is 2.97. The zero-order valence-corrected chi connectivity index (χ0v) is 15.9. The molecule has 0 aliphatic heterocycles. The fourth-order valence-corrected chi connectivity index (χ4v) is 4.07. The van der Waals surface area contributed by atoms with Gasteiger partial charge >= 0.3 is 0 Å². The molecule has 0 spiro atoms. The summed E-state index contributed by atoms with van der Waals surface area (Å²) in [5, 5.41) is 4.67. The van der Waals surface area contributed by atoms with Crippen molar-refractivity contribution < 1.29 is 4.74 Å². The summed E-state index contributed by atoms with van der Waals surface area (Å²) in [7, 11) is 1.71. The lowest BCUT2D eigenvalue weighted by Gasteiger charge is -2.31. The molecule has 0 unspecified atom stereocenters. The average molecular weight is 358 g/mol. The highest BCUT2D eigenvalue weighted by atomic mass is 32.2. The molecule has 1 aliphatic rings. The Morgan fingerprint density at radius 3 is 2.40 bits per heavy atom. The number of hydrogen-bond donors (Lipinski definition) is 1. The number of hydrogen-bond acceptors (Lipinski definition) is 5. The zero-order chi connectivity index (χ0) is 17.5. The molecule has 1 heterocycles. The summed E-state index contributed by atoms with van der Waals surface area (Å²) in [5.74, 6) is 1.98. The van der Waals surface area contributed by atoms with E-state index in [4.69, 9.17) is 4.74 Å². The van der Waals surface area contributed by atoms with Crippen LogP contribution in [-0.2, 0) is 12.1 Å². The highest BCUT2D eigenvalue weighted by Gasteiger charge is 2.35. The van der Waals surface area contributed by atoms with Crippen molar-refractivity contribution in [3.05, 3.63) is 47.8 Å². The first-order valence-corrected chi connectivity index (χ1v) is 10.1. The summed E-state index contributed by atoms with van der Waals surface area (Å²) >= 11 is 1.72. The fourth-order valence-electron chi connectivity index (χ4n) is 3.43. The van der Waals surface area contributed by atoms with E-state index in [0.29, 0.717) is 0 Å². The van der Waals surface area contributed by atoms with E-state index in [1.54, 1.807) is 18.9 Å². The molecule has 0 radical (unpaired) electrons. The highest BCUT2D eigenvalue weighted by Crippen LogP contribution is 2.39. The summed E-state index contributed by atoms with van der Waals surface area (Å²) in [6.07, 6.45) is 9.92. The molecule has 1 fully saturated rings. The predicted molar refractivity (Wildman–Crippen MR) is 103 cm³/mol. The van der Waals surface area contributed by atoms with E-state index in [2.05, 4.69) is 46.5 Å². The number of rotatable bonds is 8. The number of nitrogens with zero attached hydrogens (tertiary/aromatic N) is 2. The molecule has 0 amide bonds. The summed E-state index contributed by atoms with van der Waals surface area (Å²) in [4.78, 5) is 8.95. The molecule has 4 nitrogen and oxygen atoms in total. The second-order valence-corrected chi connectivity index (χ2v) is 7.66. The van der Waals surface area contributed by atoms with Crippen LogP contribution in [0.2, 0.25) is 0 Å². The Kier molecular flexibility index (Phi) is 6.32. The van der Waals surface area contributed by atoms with Crippen LogP contribution < -0.4 is 10.1 Å². The molecule has 25 heavy (non-hydrogen) atoms. The van der Waals surface area contributed by atoms with Crippen LogP contribution in [0.4, 0.5) is 0 Å². The molecule has 5 heteroatoms. The fraction of sp³-hybridized carbons (Fsp3) is 0.500. The first kappa shape index (κ1) is 18.2. The minimum absolute atomic E-state index is 0.0574. The molecule has 0 saturated heterocycles. The summed E-state index contributed by atoms with van der Waals surface area (Å²) < 4.78 is 5.29. The van der Waals surface area contributed by atoms with E-state index in [-0.39, 0.29) is 5.54 Å². The normalized spacial score (nSPS) is 16.1. The van der Waals surface area contributed by atoms with Crippen LogP contribution in [0.25, 0.3) is 0 Å². The van der Waals surface area contributed by atoms with Gasteiger partial charge in [-0.25, -0.2) is 9.97 Å².